The van der Waals surface area contributed by atoms with E-state index in [2.05, 4.69) is 22.5 Å². The van der Waals surface area contributed by atoms with Crippen molar-refractivity contribution in [1.82, 2.24) is 5.01 Å². The van der Waals surface area contributed by atoms with E-state index >= 15 is 0 Å². The van der Waals surface area contributed by atoms with Gasteiger partial charge in [-0.2, -0.15) is 0 Å². The minimum atomic E-state index is -1.10. The van der Waals surface area contributed by atoms with Gasteiger partial charge >= 0.3 is 5.97 Å². The molecule has 2 N–H and O–H groups in total. The molecule has 1 aromatic heterocycles. The number of benzene rings is 2. The molecule has 0 radical (unpaired) electrons. The average Bonchev–Trinajstić information content (AvgIpc) is 3.45. The number of rotatable bonds is 6. The monoisotopic (exact) mass is 507 g/mol. The second kappa shape index (κ2) is 9.95. The van der Waals surface area contributed by atoms with Gasteiger partial charge < -0.3 is 19.2 Å². The first-order valence-electron chi connectivity index (χ1n) is 10.9. The zero-order valence-electron chi connectivity index (χ0n) is 18.5. The number of nitrogens with one attached hydrogen (secondary N) is 1. The Balaban J connectivity index is 1.30. The van der Waals surface area contributed by atoms with Gasteiger partial charge in [-0.25, -0.2) is 9.80 Å². The van der Waals surface area contributed by atoms with Crippen molar-refractivity contribution >= 4 is 57.6 Å². The number of carbonyl (C=O) groups is 2. The molecule has 178 valence electrons. The predicted molar refractivity (Wildman–Crippen MR) is 139 cm³/mol. The van der Waals surface area contributed by atoms with Crippen molar-refractivity contribution in [1.29, 1.82) is 0 Å². The smallest absolute Gasteiger partial charge is 0.337 e. The first-order valence-corrected chi connectivity index (χ1v) is 12.1. The molecule has 2 saturated heterocycles. The maximum Gasteiger partial charge on any atom is 0.337 e. The standard InChI is InChI=1S/C25H21N3O5S2/c29-23-22(35-25(34)28(23)26-20-4-2-1-3-19(20)24(30)31)15-18-9-10-21(33-18)16-5-7-17(8-6-16)27-11-13-32-14-12-27/h1-10,15,26H,11-14H2,(H,30,31)/b22-15+. The molecule has 0 aliphatic carbocycles. The molecule has 0 unspecified atom stereocenters. The molecule has 2 aromatic carbocycles. The lowest BCUT2D eigenvalue weighted by Crippen LogP contribution is -2.36. The second-order valence-electron chi connectivity index (χ2n) is 7.83. The van der Waals surface area contributed by atoms with Crippen LogP contribution in [0.2, 0.25) is 0 Å². The number of carboxylic acid groups (broad SMARTS) is 1. The third-order valence-corrected chi connectivity index (χ3v) is 6.91. The average molecular weight is 508 g/mol. The van der Waals surface area contributed by atoms with E-state index in [1.807, 2.05) is 18.2 Å². The third kappa shape index (κ3) is 4.95. The van der Waals surface area contributed by atoms with Crippen molar-refractivity contribution in [2.24, 2.45) is 0 Å². The van der Waals surface area contributed by atoms with Gasteiger partial charge in [0.15, 0.2) is 4.32 Å². The Morgan fingerprint density at radius 2 is 1.80 bits per heavy atom. The van der Waals surface area contributed by atoms with Crippen LogP contribution in [0.15, 0.2) is 70.0 Å². The fourth-order valence-corrected chi connectivity index (χ4v) is 4.98. The van der Waals surface area contributed by atoms with Gasteiger partial charge in [0, 0.05) is 30.4 Å². The SMILES string of the molecule is O=C(O)c1ccccc1NN1C(=O)/C(=C\c2ccc(-c3ccc(N4CCOCC4)cc3)o2)SC1=S. The molecule has 3 heterocycles. The Labute approximate surface area is 211 Å². The van der Waals surface area contributed by atoms with E-state index in [-0.39, 0.29) is 21.5 Å². The van der Waals surface area contributed by atoms with Gasteiger partial charge in [-0.3, -0.25) is 10.2 Å². The summed E-state index contributed by atoms with van der Waals surface area (Å²) < 4.78 is 11.6. The summed E-state index contributed by atoms with van der Waals surface area (Å²) in [6.07, 6.45) is 1.63. The molecule has 0 saturated carbocycles. The molecular weight excluding hydrogens is 486 g/mol. The maximum atomic E-state index is 13.0. The fraction of sp³-hybridized carbons (Fsp3) is 0.160. The molecule has 0 atom stereocenters. The number of hydrazine groups is 1. The lowest BCUT2D eigenvalue weighted by Gasteiger charge is -2.28. The lowest BCUT2D eigenvalue weighted by atomic mass is 10.1. The number of thiocarbonyl (C=S) groups is 1. The zero-order valence-corrected chi connectivity index (χ0v) is 20.1. The lowest BCUT2D eigenvalue weighted by molar-refractivity contribution is -0.121. The van der Waals surface area contributed by atoms with Crippen LogP contribution in [0, 0.1) is 0 Å². The molecule has 0 bridgehead atoms. The molecule has 5 rings (SSSR count). The molecular formula is C25H21N3O5S2. The van der Waals surface area contributed by atoms with Gasteiger partial charge in [0.2, 0.25) is 0 Å². The van der Waals surface area contributed by atoms with Crippen LogP contribution in [0.1, 0.15) is 16.1 Å². The number of hydrogen-bond acceptors (Lipinski definition) is 8. The number of anilines is 2. The van der Waals surface area contributed by atoms with E-state index in [4.69, 9.17) is 21.4 Å². The number of carbonyl (C=O) groups excluding carboxylic acids is 1. The Hall–Kier alpha value is -3.60. The normalized spacial score (nSPS) is 17.3. The van der Waals surface area contributed by atoms with Gasteiger partial charge in [-0.05, 0) is 60.7 Å². The first-order chi connectivity index (χ1) is 17.0. The highest BCUT2D eigenvalue weighted by Crippen LogP contribution is 2.34. The predicted octanol–water partition coefficient (Wildman–Crippen LogP) is 4.71. The minimum Gasteiger partial charge on any atom is -0.478 e. The molecule has 0 spiro atoms. The van der Waals surface area contributed by atoms with Crippen LogP contribution in [-0.4, -0.2) is 52.6 Å². The number of carboxylic acids is 1. The van der Waals surface area contributed by atoms with E-state index in [0.29, 0.717) is 16.4 Å². The molecule has 10 heteroatoms. The minimum absolute atomic E-state index is 0.0424. The number of ether oxygens (including phenoxy) is 1. The first kappa shape index (κ1) is 23.2. The Morgan fingerprint density at radius 3 is 2.54 bits per heavy atom. The Bertz CT molecular complexity index is 1310. The van der Waals surface area contributed by atoms with Gasteiger partial charge in [-0.1, -0.05) is 23.9 Å². The summed E-state index contributed by atoms with van der Waals surface area (Å²) in [6, 6.07) is 18.1. The third-order valence-electron chi connectivity index (χ3n) is 5.61. The summed E-state index contributed by atoms with van der Waals surface area (Å²) in [5, 5.41) is 10.6. The van der Waals surface area contributed by atoms with Crippen LogP contribution in [0.3, 0.4) is 0 Å². The second-order valence-corrected chi connectivity index (χ2v) is 9.50. The fourth-order valence-electron chi connectivity index (χ4n) is 3.82. The van der Waals surface area contributed by atoms with Crippen molar-refractivity contribution in [3.05, 3.63) is 76.9 Å². The summed E-state index contributed by atoms with van der Waals surface area (Å²) in [6.45, 7) is 3.21. The van der Waals surface area contributed by atoms with E-state index in [1.165, 1.54) is 11.1 Å². The number of nitrogens with zero attached hydrogens (tertiary/aromatic N) is 2. The zero-order chi connectivity index (χ0) is 24.4. The summed E-state index contributed by atoms with van der Waals surface area (Å²) >= 11 is 6.46. The van der Waals surface area contributed by atoms with Crippen molar-refractivity contribution in [2.75, 3.05) is 36.6 Å². The van der Waals surface area contributed by atoms with Crippen molar-refractivity contribution in [2.45, 2.75) is 0 Å². The van der Waals surface area contributed by atoms with Gasteiger partial charge in [0.05, 0.1) is 29.4 Å². The molecule has 2 aliphatic heterocycles. The number of para-hydroxylation sites is 1. The van der Waals surface area contributed by atoms with Gasteiger partial charge in [0.1, 0.15) is 11.5 Å². The summed E-state index contributed by atoms with van der Waals surface area (Å²) in [4.78, 5) is 27.1. The molecule has 35 heavy (non-hydrogen) atoms. The summed E-state index contributed by atoms with van der Waals surface area (Å²) in [5.41, 5.74) is 5.22. The highest BCUT2D eigenvalue weighted by atomic mass is 32.2. The van der Waals surface area contributed by atoms with E-state index in [1.54, 1.807) is 30.3 Å². The Morgan fingerprint density at radius 1 is 1.06 bits per heavy atom. The molecule has 1 amide bonds. The Kier molecular flexibility index (Phi) is 6.58. The topological polar surface area (TPSA) is 95.2 Å². The van der Waals surface area contributed by atoms with Crippen LogP contribution in [-0.2, 0) is 9.53 Å². The van der Waals surface area contributed by atoms with Crippen LogP contribution in [0.25, 0.3) is 17.4 Å². The molecule has 3 aromatic rings. The van der Waals surface area contributed by atoms with E-state index < -0.39 is 5.97 Å². The molecule has 8 nitrogen and oxygen atoms in total. The van der Waals surface area contributed by atoms with Crippen LogP contribution >= 0.6 is 24.0 Å². The van der Waals surface area contributed by atoms with Gasteiger partial charge in [0.25, 0.3) is 5.91 Å². The van der Waals surface area contributed by atoms with Gasteiger partial charge in [-0.15, -0.1) is 0 Å². The van der Waals surface area contributed by atoms with E-state index in [9.17, 15) is 14.7 Å². The number of morpholine rings is 1. The number of hydrogen-bond donors (Lipinski definition) is 2. The highest BCUT2D eigenvalue weighted by molar-refractivity contribution is 8.26. The van der Waals surface area contributed by atoms with Crippen LogP contribution in [0.5, 0.6) is 0 Å². The number of thioether (sulfide) groups is 1. The number of aromatic carboxylic acids is 1. The van der Waals surface area contributed by atoms with Crippen molar-refractivity contribution in [3.8, 4) is 11.3 Å². The van der Waals surface area contributed by atoms with E-state index in [0.717, 1.165) is 49.3 Å². The summed E-state index contributed by atoms with van der Waals surface area (Å²) in [7, 11) is 0. The summed E-state index contributed by atoms with van der Waals surface area (Å²) in [5.74, 6) is -0.277. The molecule has 2 fully saturated rings. The van der Waals surface area contributed by atoms with Crippen LogP contribution in [0.4, 0.5) is 11.4 Å². The number of amides is 1. The quantitative estimate of drug-likeness (QED) is 0.363. The van der Waals surface area contributed by atoms with Crippen molar-refractivity contribution in [3.63, 3.8) is 0 Å². The number of furan rings is 1. The van der Waals surface area contributed by atoms with Crippen molar-refractivity contribution < 1.29 is 23.8 Å². The highest BCUT2D eigenvalue weighted by Gasteiger charge is 2.33. The molecule has 2 aliphatic rings. The van der Waals surface area contributed by atoms with Crippen LogP contribution < -0.4 is 10.3 Å². The largest absolute Gasteiger partial charge is 0.478 e. The maximum absolute atomic E-state index is 13.0.